The van der Waals surface area contributed by atoms with E-state index in [-0.39, 0.29) is 12.0 Å². The zero-order valence-corrected chi connectivity index (χ0v) is 9.40. The van der Waals surface area contributed by atoms with Gasteiger partial charge in [0, 0.05) is 25.5 Å². The van der Waals surface area contributed by atoms with Gasteiger partial charge in [0.15, 0.2) is 0 Å². The highest BCUT2D eigenvalue weighted by Gasteiger charge is 2.17. The number of aryl methyl sites for hydroxylation is 1. The van der Waals surface area contributed by atoms with Crippen LogP contribution in [-0.4, -0.2) is 30.1 Å². The Hall–Kier alpha value is -1.42. The number of hydrogen-bond acceptors (Lipinski definition) is 3. The van der Waals surface area contributed by atoms with E-state index < -0.39 is 0 Å². The van der Waals surface area contributed by atoms with E-state index in [2.05, 4.69) is 10.3 Å². The minimum atomic E-state index is -0.0684. The summed E-state index contributed by atoms with van der Waals surface area (Å²) in [5, 5.41) is 2.88. The Morgan fingerprint density at radius 1 is 1.69 bits per heavy atom. The highest BCUT2D eigenvalue weighted by atomic mass is 16.5. The average molecular weight is 220 g/mol. The summed E-state index contributed by atoms with van der Waals surface area (Å²) in [5.74, 6) is -0.0684. The lowest BCUT2D eigenvalue weighted by atomic mass is 10.1. The van der Waals surface area contributed by atoms with Crippen LogP contribution in [0, 0.1) is 6.92 Å². The Morgan fingerprint density at radius 3 is 3.25 bits per heavy atom. The number of hydrogen-bond donors (Lipinski definition) is 1. The monoisotopic (exact) mass is 220 g/mol. The normalized spacial score (nSPS) is 19.7. The molecule has 1 amide bonds. The van der Waals surface area contributed by atoms with E-state index >= 15 is 0 Å². The Morgan fingerprint density at radius 2 is 2.56 bits per heavy atom. The maximum absolute atomic E-state index is 11.8. The van der Waals surface area contributed by atoms with Crippen LogP contribution in [-0.2, 0) is 4.74 Å². The molecule has 1 N–H and O–H groups in total. The van der Waals surface area contributed by atoms with E-state index in [9.17, 15) is 4.79 Å². The van der Waals surface area contributed by atoms with E-state index in [4.69, 9.17) is 4.74 Å². The maximum atomic E-state index is 11.8. The molecular weight excluding hydrogens is 204 g/mol. The number of pyridine rings is 1. The molecule has 0 spiro atoms. The molecule has 4 nitrogen and oxygen atoms in total. The molecule has 1 saturated heterocycles. The third-order valence-electron chi connectivity index (χ3n) is 2.80. The van der Waals surface area contributed by atoms with Crippen molar-refractivity contribution < 1.29 is 9.53 Å². The first-order valence-corrected chi connectivity index (χ1v) is 5.58. The molecule has 1 atom stereocenters. The van der Waals surface area contributed by atoms with Gasteiger partial charge in [-0.15, -0.1) is 0 Å². The second kappa shape index (κ2) is 5.07. The van der Waals surface area contributed by atoms with Gasteiger partial charge in [-0.1, -0.05) is 0 Å². The summed E-state index contributed by atoms with van der Waals surface area (Å²) in [4.78, 5) is 15.8. The Balaban J connectivity index is 1.90. The zero-order valence-electron chi connectivity index (χ0n) is 9.40. The van der Waals surface area contributed by atoms with Crippen LogP contribution in [0.2, 0.25) is 0 Å². The third kappa shape index (κ3) is 2.58. The molecule has 0 aromatic carbocycles. The number of nitrogens with zero attached hydrogens (tertiary/aromatic N) is 1. The maximum Gasteiger partial charge on any atom is 0.253 e. The number of aromatic nitrogens is 1. The molecule has 0 aliphatic carbocycles. The SMILES string of the molecule is Cc1ccncc1C(=O)NC[C@@H]1CCCO1. The molecule has 2 heterocycles. The summed E-state index contributed by atoms with van der Waals surface area (Å²) in [6.07, 6.45) is 5.59. The highest BCUT2D eigenvalue weighted by molar-refractivity contribution is 5.95. The largest absolute Gasteiger partial charge is 0.376 e. The molecule has 0 bridgehead atoms. The summed E-state index contributed by atoms with van der Waals surface area (Å²) in [6.45, 7) is 3.31. The van der Waals surface area contributed by atoms with E-state index in [0.717, 1.165) is 25.0 Å². The molecule has 0 radical (unpaired) electrons. The van der Waals surface area contributed by atoms with Gasteiger partial charge in [-0.2, -0.15) is 0 Å². The van der Waals surface area contributed by atoms with E-state index in [1.54, 1.807) is 12.4 Å². The number of ether oxygens (including phenoxy) is 1. The molecular formula is C12H16N2O2. The second-order valence-electron chi connectivity index (χ2n) is 4.04. The number of carbonyl (C=O) groups excluding carboxylic acids is 1. The summed E-state index contributed by atoms with van der Waals surface area (Å²) in [5.41, 5.74) is 1.58. The molecule has 1 aliphatic heterocycles. The van der Waals surface area contributed by atoms with Gasteiger partial charge >= 0.3 is 0 Å². The lowest BCUT2D eigenvalue weighted by Crippen LogP contribution is -2.32. The predicted octanol–water partition coefficient (Wildman–Crippen LogP) is 1.30. The van der Waals surface area contributed by atoms with Gasteiger partial charge < -0.3 is 10.1 Å². The summed E-state index contributed by atoms with van der Waals surface area (Å²) in [6, 6.07) is 1.83. The lowest BCUT2D eigenvalue weighted by Gasteiger charge is -2.11. The average Bonchev–Trinajstić information content (AvgIpc) is 2.79. The van der Waals surface area contributed by atoms with Crippen LogP contribution in [0.15, 0.2) is 18.5 Å². The Bertz CT molecular complexity index is 373. The fourth-order valence-electron chi connectivity index (χ4n) is 1.81. The van der Waals surface area contributed by atoms with Gasteiger partial charge in [0.1, 0.15) is 0 Å². The van der Waals surface area contributed by atoms with Crippen molar-refractivity contribution in [2.45, 2.75) is 25.9 Å². The topological polar surface area (TPSA) is 51.2 Å². The first-order chi connectivity index (χ1) is 7.77. The van der Waals surface area contributed by atoms with Crippen molar-refractivity contribution in [3.63, 3.8) is 0 Å². The van der Waals surface area contributed by atoms with Crippen LogP contribution in [0.1, 0.15) is 28.8 Å². The molecule has 2 rings (SSSR count). The van der Waals surface area contributed by atoms with Crippen LogP contribution in [0.4, 0.5) is 0 Å². The van der Waals surface area contributed by atoms with Crippen molar-refractivity contribution in [3.05, 3.63) is 29.6 Å². The van der Waals surface area contributed by atoms with Gasteiger partial charge in [0.05, 0.1) is 11.7 Å². The summed E-state index contributed by atoms with van der Waals surface area (Å²) < 4.78 is 5.44. The fourth-order valence-corrected chi connectivity index (χ4v) is 1.81. The van der Waals surface area contributed by atoms with Crippen molar-refractivity contribution >= 4 is 5.91 Å². The minimum Gasteiger partial charge on any atom is -0.376 e. The van der Waals surface area contributed by atoms with Crippen molar-refractivity contribution in [2.24, 2.45) is 0 Å². The standard InChI is InChI=1S/C12H16N2O2/c1-9-4-5-13-8-11(9)12(15)14-7-10-3-2-6-16-10/h4-5,8,10H,2-3,6-7H2,1H3,(H,14,15)/t10-/m0/s1. The first kappa shape index (κ1) is 11.1. The van der Waals surface area contributed by atoms with E-state index in [1.807, 2.05) is 13.0 Å². The first-order valence-electron chi connectivity index (χ1n) is 5.58. The van der Waals surface area contributed by atoms with Crippen molar-refractivity contribution in [1.82, 2.24) is 10.3 Å². The zero-order chi connectivity index (χ0) is 11.4. The Kier molecular flexibility index (Phi) is 3.51. The molecule has 0 saturated carbocycles. The van der Waals surface area contributed by atoms with Crippen LogP contribution in [0.3, 0.4) is 0 Å². The summed E-state index contributed by atoms with van der Waals surface area (Å²) >= 11 is 0. The minimum absolute atomic E-state index is 0.0684. The number of amides is 1. The number of carbonyl (C=O) groups is 1. The fraction of sp³-hybridized carbons (Fsp3) is 0.500. The molecule has 4 heteroatoms. The van der Waals surface area contributed by atoms with Gasteiger partial charge in [-0.05, 0) is 31.4 Å². The van der Waals surface area contributed by atoms with Crippen molar-refractivity contribution in [2.75, 3.05) is 13.2 Å². The molecule has 1 fully saturated rings. The van der Waals surface area contributed by atoms with Gasteiger partial charge in [-0.25, -0.2) is 0 Å². The van der Waals surface area contributed by atoms with Crippen LogP contribution >= 0.6 is 0 Å². The van der Waals surface area contributed by atoms with Crippen LogP contribution in [0.5, 0.6) is 0 Å². The molecule has 0 unspecified atom stereocenters. The lowest BCUT2D eigenvalue weighted by molar-refractivity contribution is 0.0857. The van der Waals surface area contributed by atoms with Gasteiger partial charge in [-0.3, -0.25) is 9.78 Å². The van der Waals surface area contributed by atoms with Crippen LogP contribution < -0.4 is 5.32 Å². The molecule has 86 valence electrons. The van der Waals surface area contributed by atoms with Crippen molar-refractivity contribution in [3.8, 4) is 0 Å². The van der Waals surface area contributed by atoms with Gasteiger partial charge in [0.2, 0.25) is 0 Å². The predicted molar refractivity (Wildman–Crippen MR) is 60.3 cm³/mol. The van der Waals surface area contributed by atoms with Gasteiger partial charge in [0.25, 0.3) is 5.91 Å². The quantitative estimate of drug-likeness (QED) is 0.835. The molecule has 1 aliphatic rings. The highest BCUT2D eigenvalue weighted by Crippen LogP contribution is 2.11. The van der Waals surface area contributed by atoms with Crippen molar-refractivity contribution in [1.29, 1.82) is 0 Å². The summed E-state index contributed by atoms with van der Waals surface area (Å²) in [7, 11) is 0. The van der Waals surface area contributed by atoms with E-state index in [0.29, 0.717) is 12.1 Å². The van der Waals surface area contributed by atoms with Crippen LogP contribution in [0.25, 0.3) is 0 Å². The molecule has 16 heavy (non-hydrogen) atoms. The third-order valence-corrected chi connectivity index (χ3v) is 2.80. The number of rotatable bonds is 3. The number of nitrogens with one attached hydrogen (secondary N) is 1. The molecule has 1 aromatic heterocycles. The molecule has 1 aromatic rings. The second-order valence-corrected chi connectivity index (χ2v) is 4.04. The smallest absolute Gasteiger partial charge is 0.253 e. The van der Waals surface area contributed by atoms with E-state index in [1.165, 1.54) is 0 Å². The Labute approximate surface area is 95.0 Å².